The first-order valence-electron chi connectivity index (χ1n) is 24.0. The molecule has 0 unspecified atom stereocenters. The van der Waals surface area contributed by atoms with E-state index >= 15 is 0 Å². The van der Waals surface area contributed by atoms with Crippen molar-refractivity contribution in [3.05, 3.63) is 11.1 Å². The first-order chi connectivity index (χ1) is 32.4. The molecular weight excluding hydrogens is 789 g/mol. The number of rotatable bonds is 2. The van der Waals surface area contributed by atoms with Crippen LogP contribution < -0.4 is 0 Å². The molecule has 0 amide bonds. The molecule has 0 fully saturated rings. The van der Waals surface area contributed by atoms with Gasteiger partial charge in [0.15, 0.2) is 0 Å². The van der Waals surface area contributed by atoms with Gasteiger partial charge in [0.25, 0.3) is 0 Å². The number of fused-ring (bicyclic) bond motifs is 5. The van der Waals surface area contributed by atoms with Crippen LogP contribution in [0.3, 0.4) is 0 Å². The van der Waals surface area contributed by atoms with Crippen molar-refractivity contribution in [2.45, 2.75) is 5.79 Å². The summed E-state index contributed by atoms with van der Waals surface area (Å²) in [5.41, 5.74) is 2.64. The van der Waals surface area contributed by atoms with Crippen molar-refractivity contribution in [1.82, 2.24) is 0 Å². The van der Waals surface area contributed by atoms with Crippen LogP contribution in [-0.4, -0.2) is 14.2 Å². The maximum absolute atomic E-state index is 7.39. The molecule has 1 aliphatic rings. The van der Waals surface area contributed by atoms with Crippen LogP contribution in [0, 0.1) is 0 Å². The Labute approximate surface area is 351 Å². The molecule has 270 valence electrons. The summed E-state index contributed by atoms with van der Waals surface area (Å²) in [6.07, 6.45) is 0. The maximum atomic E-state index is 7.39. The zero-order valence-corrected chi connectivity index (χ0v) is 33.3. The quantitative estimate of drug-likeness (QED) is 0.128. The third-order valence-corrected chi connectivity index (χ3v) is 23.5. The molecule has 0 heterocycles. The van der Waals surface area contributed by atoms with E-state index in [0.29, 0.717) is 0 Å². The van der Waals surface area contributed by atoms with Crippen molar-refractivity contribution in [3.8, 4) is 0 Å². The van der Waals surface area contributed by atoms with Crippen molar-refractivity contribution >= 4 is 312 Å². The van der Waals surface area contributed by atoms with Crippen LogP contribution in [-0.2, 0) is 15.3 Å². The lowest BCUT2D eigenvalue weighted by molar-refractivity contribution is -0.180. The van der Waals surface area contributed by atoms with E-state index in [2.05, 4.69) is 0 Å². The smallest absolute Gasteiger partial charge is 0.224 e. The molecule has 2 nitrogen and oxygen atoms in total. The van der Waals surface area contributed by atoms with E-state index in [9.17, 15) is 0 Å². The summed E-state index contributed by atoms with van der Waals surface area (Å²) in [4.78, 5) is 0. The van der Waals surface area contributed by atoms with E-state index in [0.717, 1.165) is 0 Å². The van der Waals surface area contributed by atoms with Crippen molar-refractivity contribution < 1.29 is 9.47 Å². The molecule has 0 aliphatic heterocycles. The van der Waals surface area contributed by atoms with Gasteiger partial charge in [-0.2, -0.15) is 0 Å². The predicted molar refractivity (Wildman–Crippen MR) is 276 cm³/mol. The monoisotopic (exact) mass is 794 g/mol. The van der Waals surface area contributed by atoms with Crippen LogP contribution in [0.25, 0.3) is 312 Å². The van der Waals surface area contributed by atoms with Gasteiger partial charge in [0.1, 0.15) is 0 Å². The fraction of sp³-hybridized carbons (Fsp3) is 0.0476. The summed E-state index contributed by atoms with van der Waals surface area (Å²) in [6, 6.07) is 0. The third-order valence-electron chi connectivity index (χ3n) is 23.5. The van der Waals surface area contributed by atoms with Gasteiger partial charge in [-0.3, -0.25) is 0 Å². The Hall–Kier alpha value is -7.88. The molecule has 0 radical (unpaired) electrons. The normalized spacial score (nSPS) is 18.6. The number of benzene rings is 19. The van der Waals surface area contributed by atoms with E-state index < -0.39 is 5.79 Å². The van der Waals surface area contributed by atoms with Crippen LogP contribution in [0.5, 0.6) is 0 Å². The second-order valence-corrected chi connectivity index (χ2v) is 23.5. The summed E-state index contributed by atoms with van der Waals surface area (Å²) < 4.78 is 14.8. The van der Waals surface area contributed by atoms with E-state index in [1.807, 2.05) is 14.2 Å². The van der Waals surface area contributed by atoms with Gasteiger partial charge in [-0.15, -0.1) is 0 Å². The first-order valence-corrected chi connectivity index (χ1v) is 24.0. The van der Waals surface area contributed by atoms with Crippen LogP contribution in [0.2, 0.25) is 0 Å². The van der Waals surface area contributed by atoms with Gasteiger partial charge < -0.3 is 9.47 Å². The van der Waals surface area contributed by atoms with Crippen molar-refractivity contribution in [1.29, 1.82) is 0 Å². The Morgan fingerprint density at radius 1 is 0.138 bits per heavy atom. The van der Waals surface area contributed by atoms with Gasteiger partial charge >= 0.3 is 0 Å². The number of hydrogen-bond acceptors (Lipinski definition) is 2. The highest BCUT2D eigenvalue weighted by Gasteiger charge is 2.55. The lowest BCUT2D eigenvalue weighted by Crippen LogP contribution is -2.34. The standard InChI is InChI=1S/C63H6O2/c1-64-63(65-2)61-57-50-43-31-23-14-5-3-4-6-9(5)18-25(23)33-34-26(18)24-15(6)17-13-8(4)11-10-7(3)12-16(14)29(31)37-35-21(12)19(10)27-28-20(11)22(13)36-38-30(17)32(24)44-46(34)55(54(57)45(33)43)58-51(44)49(38)53-42(36)40(28)47-39(27)41(35)52(48(37)50)59(61)56(47)60(53)62(58)63/h1-2H3. The number of hydrogen-bond donors (Lipinski definition) is 0. The minimum absolute atomic E-state index is 1.07. The average Bonchev–Trinajstić information content (AvgIpc) is 4.18. The summed E-state index contributed by atoms with van der Waals surface area (Å²) in [5.74, 6) is -1.07. The van der Waals surface area contributed by atoms with Crippen molar-refractivity contribution in [2.24, 2.45) is 0 Å². The molecule has 0 bridgehead atoms. The van der Waals surface area contributed by atoms with Crippen molar-refractivity contribution in [2.75, 3.05) is 14.2 Å². The molecule has 0 aromatic heterocycles. The summed E-state index contributed by atoms with van der Waals surface area (Å²) in [6.45, 7) is 0. The zero-order chi connectivity index (χ0) is 38.6. The highest BCUT2D eigenvalue weighted by Crippen LogP contribution is 2.80. The second-order valence-electron chi connectivity index (χ2n) is 23.5. The molecule has 0 atom stereocenters. The van der Waals surface area contributed by atoms with Gasteiger partial charge in [-0.25, -0.2) is 0 Å². The summed E-state index contributed by atoms with van der Waals surface area (Å²) in [5, 5.41) is 91.9. The largest absolute Gasteiger partial charge is 0.345 e. The molecular formula is C63H6O2. The molecule has 0 N–H and O–H groups in total. The number of ether oxygens (including phenoxy) is 2. The minimum Gasteiger partial charge on any atom is -0.345 e. The molecule has 1 aliphatic carbocycles. The predicted octanol–water partition coefficient (Wildman–Crippen LogP) is 17.5. The van der Waals surface area contributed by atoms with Gasteiger partial charge in [0.05, 0.1) is 0 Å². The van der Waals surface area contributed by atoms with Gasteiger partial charge in [0, 0.05) is 46.9 Å². The van der Waals surface area contributed by atoms with E-state index in [1.165, 1.54) is 70.4 Å². The average molecular weight is 795 g/mol. The fourth-order valence-corrected chi connectivity index (χ4v) is 23.3. The van der Waals surface area contributed by atoms with Crippen molar-refractivity contribution in [3.63, 3.8) is 0 Å². The zero-order valence-electron chi connectivity index (χ0n) is 33.3. The topological polar surface area (TPSA) is 18.5 Å². The van der Waals surface area contributed by atoms with Crippen LogP contribution >= 0.6 is 0 Å². The van der Waals surface area contributed by atoms with E-state index in [-0.39, 0.29) is 0 Å². The molecule has 0 saturated carbocycles. The Balaban J connectivity index is 1.31. The van der Waals surface area contributed by atoms with Crippen LogP contribution in [0.15, 0.2) is 0 Å². The molecule has 30 aromatic rings. The third kappa shape index (κ3) is 1.23. The first kappa shape index (κ1) is 23.7. The fourth-order valence-electron chi connectivity index (χ4n) is 23.3. The second kappa shape index (κ2) is 5.26. The SMILES string of the molecule is COC1(OC)c2c3c4c5c1c1c6c7c2c2c8c3c3c9c4c4c%10c5c5c1c1c6c6c%11c7c2c2c7c8c3c3c8c9c4c4c9c%10c5c5c1c1c6c6c%11c2c2c7c3c3c8c4c4c9c5c1c1c6c2c3c41. The lowest BCUT2D eigenvalue weighted by atomic mass is 9.75. The van der Waals surface area contributed by atoms with Gasteiger partial charge in [-0.05, 0) is 291 Å². The molecule has 0 spiro atoms. The molecule has 30 aromatic carbocycles. The highest BCUT2D eigenvalue weighted by atomic mass is 16.7. The molecule has 0 saturated heterocycles. The van der Waals surface area contributed by atoms with Gasteiger partial charge in [-0.1, -0.05) is 0 Å². The Morgan fingerprint density at radius 2 is 0.215 bits per heavy atom. The Morgan fingerprint density at radius 3 is 0.308 bits per heavy atom. The van der Waals surface area contributed by atoms with Crippen LogP contribution in [0.4, 0.5) is 0 Å². The summed E-state index contributed by atoms with van der Waals surface area (Å²) in [7, 11) is 3.97. The minimum atomic E-state index is -1.07. The summed E-state index contributed by atoms with van der Waals surface area (Å²) >= 11 is 0. The highest BCUT2D eigenvalue weighted by molar-refractivity contribution is 6.83. The molecule has 65 heavy (non-hydrogen) atoms. The van der Waals surface area contributed by atoms with E-state index in [4.69, 9.17) is 9.47 Å². The molecule has 2 heteroatoms. The number of methoxy groups -OCH3 is 2. The van der Waals surface area contributed by atoms with E-state index in [1.54, 1.807) is 253 Å². The van der Waals surface area contributed by atoms with Gasteiger partial charge in [0.2, 0.25) is 5.79 Å². The maximum Gasteiger partial charge on any atom is 0.224 e. The Bertz CT molecular complexity index is 6780. The lowest BCUT2D eigenvalue weighted by Gasteiger charge is -2.38. The van der Waals surface area contributed by atoms with Crippen LogP contribution in [0.1, 0.15) is 11.1 Å². The molecule has 31 rings (SSSR count). The Kier molecular flexibility index (Phi) is 1.92.